The molecule has 148 valence electrons. The average molecular weight is 403 g/mol. The molecule has 0 radical (unpaired) electrons. The van der Waals surface area contributed by atoms with Crippen LogP contribution in [-0.4, -0.2) is 35.3 Å². The third kappa shape index (κ3) is 4.62. The van der Waals surface area contributed by atoms with Gasteiger partial charge in [0.1, 0.15) is 5.54 Å². The zero-order valence-corrected chi connectivity index (χ0v) is 15.4. The van der Waals surface area contributed by atoms with E-state index in [0.717, 1.165) is 6.07 Å². The first-order valence-electron chi connectivity index (χ1n) is 8.58. The molecule has 1 aromatic carbocycles. The van der Waals surface area contributed by atoms with E-state index in [4.69, 9.17) is 0 Å². The lowest BCUT2D eigenvalue weighted by molar-refractivity contribution is -0.138. The maximum atomic E-state index is 13.1. The third-order valence-corrected chi connectivity index (χ3v) is 4.80. The van der Waals surface area contributed by atoms with Crippen LogP contribution in [-0.2, 0) is 22.9 Å². The quantitative estimate of drug-likeness (QED) is 0.808. The van der Waals surface area contributed by atoms with E-state index in [9.17, 15) is 18.0 Å². The largest absolute Gasteiger partial charge is 0.416 e. The third-order valence-electron chi connectivity index (χ3n) is 4.80. The van der Waals surface area contributed by atoms with Crippen molar-refractivity contribution in [3.63, 3.8) is 0 Å². The molecule has 9 heteroatoms. The summed E-state index contributed by atoms with van der Waals surface area (Å²) in [7, 11) is 0. The molecule has 0 bridgehead atoms. The Morgan fingerprint density at radius 3 is 2.56 bits per heavy atom. The van der Waals surface area contributed by atoms with Crippen molar-refractivity contribution in [2.75, 3.05) is 19.6 Å². The van der Waals surface area contributed by atoms with Crippen LogP contribution in [0.3, 0.4) is 0 Å². The van der Waals surface area contributed by atoms with Crippen molar-refractivity contribution in [2.24, 2.45) is 0 Å². The molecule has 1 aliphatic rings. The van der Waals surface area contributed by atoms with Crippen LogP contribution in [0.25, 0.3) is 0 Å². The summed E-state index contributed by atoms with van der Waals surface area (Å²) < 4.78 is 40.9. The summed E-state index contributed by atoms with van der Waals surface area (Å²) in [5, 5.41) is 10.3. The van der Waals surface area contributed by atoms with Gasteiger partial charge >= 0.3 is 6.18 Å². The number of halogens is 4. The molecule has 1 aliphatic heterocycles. The number of piperidine rings is 1. The van der Waals surface area contributed by atoms with Gasteiger partial charge in [-0.2, -0.15) is 18.3 Å². The molecule has 5 nitrogen and oxygen atoms in total. The molecule has 0 unspecified atom stereocenters. The standard InChI is InChI=1S/C18H21F3N4O.ClH/c19-18(20,21)15-5-2-1-4-14(15)6-10-23-16(26)17(7-11-22-12-8-17)25-13-3-9-24-25;/h1-5,9,13,22H,6-8,10-12H2,(H,23,26);1H. The van der Waals surface area contributed by atoms with E-state index in [0.29, 0.717) is 25.9 Å². The molecular formula is C18H22ClF3N4O. The first-order valence-corrected chi connectivity index (χ1v) is 8.58. The van der Waals surface area contributed by atoms with Crippen molar-refractivity contribution in [3.8, 4) is 0 Å². The van der Waals surface area contributed by atoms with Crippen LogP contribution < -0.4 is 10.6 Å². The number of aromatic nitrogens is 2. The fraction of sp³-hybridized carbons (Fsp3) is 0.444. The number of amides is 1. The highest BCUT2D eigenvalue weighted by atomic mass is 35.5. The minimum atomic E-state index is -4.40. The molecule has 3 rings (SSSR count). The SMILES string of the molecule is Cl.O=C(NCCc1ccccc1C(F)(F)F)C1(n2cccn2)CCNCC1. The van der Waals surface area contributed by atoms with Gasteiger partial charge in [0.25, 0.3) is 0 Å². The highest BCUT2D eigenvalue weighted by Crippen LogP contribution is 2.32. The van der Waals surface area contributed by atoms with Gasteiger partial charge in [-0.15, -0.1) is 12.4 Å². The molecule has 1 saturated heterocycles. The van der Waals surface area contributed by atoms with Crippen molar-refractivity contribution in [2.45, 2.75) is 31.0 Å². The number of rotatable bonds is 5. The molecule has 27 heavy (non-hydrogen) atoms. The van der Waals surface area contributed by atoms with Crippen molar-refractivity contribution in [1.29, 1.82) is 0 Å². The number of hydrogen-bond acceptors (Lipinski definition) is 3. The van der Waals surface area contributed by atoms with Gasteiger partial charge in [0.15, 0.2) is 0 Å². The first kappa shape index (κ1) is 21.2. The molecule has 0 saturated carbocycles. The second kappa shape index (κ2) is 8.75. The topological polar surface area (TPSA) is 59.0 Å². The van der Waals surface area contributed by atoms with Gasteiger partial charge < -0.3 is 10.6 Å². The van der Waals surface area contributed by atoms with Gasteiger partial charge in [-0.3, -0.25) is 9.48 Å². The van der Waals surface area contributed by atoms with Gasteiger partial charge in [0.2, 0.25) is 5.91 Å². The lowest BCUT2D eigenvalue weighted by Gasteiger charge is -2.36. The Kier molecular flexibility index (Phi) is 6.89. The smallest absolute Gasteiger partial charge is 0.354 e. The van der Waals surface area contributed by atoms with E-state index in [-0.39, 0.29) is 36.8 Å². The summed E-state index contributed by atoms with van der Waals surface area (Å²) in [5.74, 6) is -0.202. The molecule has 2 heterocycles. The van der Waals surface area contributed by atoms with Gasteiger partial charge in [0.05, 0.1) is 5.56 Å². The van der Waals surface area contributed by atoms with Crippen LogP contribution in [0.2, 0.25) is 0 Å². The second-order valence-electron chi connectivity index (χ2n) is 6.39. The highest BCUT2D eigenvalue weighted by molar-refractivity contribution is 5.85. The van der Waals surface area contributed by atoms with Crippen LogP contribution >= 0.6 is 12.4 Å². The Morgan fingerprint density at radius 1 is 1.22 bits per heavy atom. The van der Waals surface area contributed by atoms with Crippen molar-refractivity contribution < 1.29 is 18.0 Å². The minimum Gasteiger partial charge on any atom is -0.354 e. The zero-order valence-electron chi connectivity index (χ0n) is 14.6. The Balaban J connectivity index is 0.00000261. The Bertz CT molecular complexity index is 743. The summed E-state index contributed by atoms with van der Waals surface area (Å²) in [4.78, 5) is 12.9. The summed E-state index contributed by atoms with van der Waals surface area (Å²) in [6, 6.07) is 7.21. The molecule has 0 spiro atoms. The monoisotopic (exact) mass is 402 g/mol. The number of carbonyl (C=O) groups is 1. The number of alkyl halides is 3. The van der Waals surface area contributed by atoms with Crippen LogP contribution in [0.1, 0.15) is 24.0 Å². The number of nitrogens with zero attached hydrogens (tertiary/aromatic N) is 2. The summed E-state index contributed by atoms with van der Waals surface area (Å²) in [6.45, 7) is 1.51. The fourth-order valence-electron chi connectivity index (χ4n) is 3.41. The average Bonchev–Trinajstić information content (AvgIpc) is 3.17. The van der Waals surface area contributed by atoms with Crippen LogP contribution in [0.4, 0.5) is 13.2 Å². The summed E-state index contributed by atoms with van der Waals surface area (Å²) in [6.07, 6.45) is 0.264. The van der Waals surface area contributed by atoms with E-state index in [1.54, 1.807) is 29.2 Å². The number of carbonyl (C=O) groups excluding carboxylic acids is 1. The molecule has 2 N–H and O–H groups in total. The molecule has 0 aliphatic carbocycles. The lowest BCUT2D eigenvalue weighted by atomic mass is 9.87. The minimum absolute atomic E-state index is 0. The first-order chi connectivity index (χ1) is 12.4. The highest BCUT2D eigenvalue weighted by Gasteiger charge is 2.41. The summed E-state index contributed by atoms with van der Waals surface area (Å²) in [5.41, 5.74) is -1.27. The fourth-order valence-corrected chi connectivity index (χ4v) is 3.41. The van der Waals surface area contributed by atoms with E-state index < -0.39 is 17.3 Å². The molecule has 1 aromatic heterocycles. The molecule has 2 aromatic rings. The van der Waals surface area contributed by atoms with Gasteiger partial charge in [-0.1, -0.05) is 18.2 Å². The Morgan fingerprint density at radius 2 is 1.93 bits per heavy atom. The number of benzene rings is 1. The van der Waals surface area contributed by atoms with E-state index in [1.807, 2.05) is 0 Å². The molecular weight excluding hydrogens is 381 g/mol. The summed E-state index contributed by atoms with van der Waals surface area (Å²) >= 11 is 0. The maximum Gasteiger partial charge on any atom is 0.416 e. The Labute approximate surface area is 161 Å². The Hall–Kier alpha value is -2.06. The number of hydrogen-bond donors (Lipinski definition) is 2. The van der Waals surface area contributed by atoms with Crippen molar-refractivity contribution >= 4 is 18.3 Å². The van der Waals surface area contributed by atoms with Crippen LogP contribution in [0.15, 0.2) is 42.7 Å². The number of nitrogens with one attached hydrogen (secondary N) is 2. The van der Waals surface area contributed by atoms with Crippen molar-refractivity contribution in [3.05, 3.63) is 53.9 Å². The van der Waals surface area contributed by atoms with Gasteiger partial charge in [-0.05, 0) is 50.0 Å². The maximum absolute atomic E-state index is 13.1. The van der Waals surface area contributed by atoms with Gasteiger partial charge in [0, 0.05) is 18.9 Å². The normalized spacial score (nSPS) is 16.4. The molecule has 1 amide bonds. The van der Waals surface area contributed by atoms with Crippen molar-refractivity contribution in [1.82, 2.24) is 20.4 Å². The molecule has 1 fully saturated rings. The zero-order chi connectivity index (χ0) is 18.6. The molecule has 0 atom stereocenters. The van der Waals surface area contributed by atoms with E-state index >= 15 is 0 Å². The van der Waals surface area contributed by atoms with E-state index in [1.165, 1.54) is 12.1 Å². The van der Waals surface area contributed by atoms with E-state index in [2.05, 4.69) is 15.7 Å². The predicted molar refractivity (Wildman–Crippen MR) is 97.7 cm³/mol. The lowest BCUT2D eigenvalue weighted by Crippen LogP contribution is -2.54. The second-order valence-corrected chi connectivity index (χ2v) is 6.39. The van der Waals surface area contributed by atoms with Crippen LogP contribution in [0.5, 0.6) is 0 Å². The van der Waals surface area contributed by atoms with Gasteiger partial charge in [-0.25, -0.2) is 0 Å². The predicted octanol–water partition coefficient (Wildman–Crippen LogP) is 2.76. The van der Waals surface area contributed by atoms with Crippen LogP contribution in [0, 0.1) is 0 Å².